The van der Waals surface area contributed by atoms with E-state index >= 15 is 0 Å². The van der Waals surface area contributed by atoms with Crippen molar-refractivity contribution in [2.45, 2.75) is 19.3 Å². The van der Waals surface area contributed by atoms with E-state index in [0.29, 0.717) is 19.3 Å². The number of benzene rings is 1. The molecule has 0 heterocycles. The van der Waals surface area contributed by atoms with Crippen LogP contribution in [0.5, 0.6) is 5.75 Å². The molecule has 1 aromatic rings. The van der Waals surface area contributed by atoms with Crippen molar-refractivity contribution in [2.24, 2.45) is 0 Å². The number of halogens is 1. The second kappa shape index (κ2) is 6.66. The maximum absolute atomic E-state index is 11.6. The molecule has 4 heteroatoms. The minimum atomic E-state index is 0.0569. The predicted molar refractivity (Wildman–Crippen MR) is 65.7 cm³/mol. The summed E-state index contributed by atoms with van der Waals surface area (Å²) in [6, 6.07) is 5.59. The summed E-state index contributed by atoms with van der Waals surface area (Å²) in [6.07, 6.45) is 1.28. The van der Waals surface area contributed by atoms with Crippen LogP contribution in [0.1, 0.15) is 18.4 Å². The smallest absolute Gasteiger partial charge is 0.137 e. The molecule has 0 saturated heterocycles. The number of carbonyl (C=O) groups is 1. The van der Waals surface area contributed by atoms with Crippen LogP contribution in [0, 0.1) is 0 Å². The molecule has 1 aromatic carbocycles. The Bertz CT molecular complexity index is 363. The summed E-state index contributed by atoms with van der Waals surface area (Å²) in [5, 5.41) is 8.64. The Morgan fingerprint density at radius 2 is 2.25 bits per heavy atom. The molecule has 0 radical (unpaired) electrons. The SMILES string of the molecule is COc1ccc(Br)cc1CC(=O)CCCO. The highest BCUT2D eigenvalue weighted by atomic mass is 79.9. The Kier molecular flexibility index (Phi) is 5.49. The molecular formula is C12H15BrO3. The Hall–Kier alpha value is -0.870. The van der Waals surface area contributed by atoms with E-state index in [1.54, 1.807) is 7.11 Å². The minimum Gasteiger partial charge on any atom is -0.496 e. The van der Waals surface area contributed by atoms with Crippen LogP contribution in [0.25, 0.3) is 0 Å². The van der Waals surface area contributed by atoms with Gasteiger partial charge in [-0.2, -0.15) is 0 Å². The highest BCUT2D eigenvalue weighted by Gasteiger charge is 2.09. The summed E-state index contributed by atoms with van der Waals surface area (Å²) >= 11 is 3.36. The van der Waals surface area contributed by atoms with Gasteiger partial charge >= 0.3 is 0 Å². The second-order valence-electron chi connectivity index (χ2n) is 3.50. The first-order valence-electron chi connectivity index (χ1n) is 5.12. The molecule has 0 saturated carbocycles. The van der Waals surface area contributed by atoms with Crippen molar-refractivity contribution in [3.05, 3.63) is 28.2 Å². The van der Waals surface area contributed by atoms with Gasteiger partial charge in [0.05, 0.1) is 7.11 Å². The van der Waals surface area contributed by atoms with Crippen molar-refractivity contribution < 1.29 is 14.6 Å². The second-order valence-corrected chi connectivity index (χ2v) is 4.41. The van der Waals surface area contributed by atoms with E-state index in [1.807, 2.05) is 18.2 Å². The van der Waals surface area contributed by atoms with E-state index in [2.05, 4.69) is 15.9 Å². The normalized spacial score (nSPS) is 10.2. The van der Waals surface area contributed by atoms with E-state index in [1.165, 1.54) is 0 Å². The lowest BCUT2D eigenvalue weighted by Gasteiger charge is -2.08. The summed E-state index contributed by atoms with van der Waals surface area (Å²) in [5.41, 5.74) is 0.875. The van der Waals surface area contributed by atoms with Crippen molar-refractivity contribution >= 4 is 21.7 Å². The molecule has 0 bridgehead atoms. The summed E-state index contributed by atoms with van der Waals surface area (Å²) in [7, 11) is 1.59. The van der Waals surface area contributed by atoms with Crippen molar-refractivity contribution in [2.75, 3.05) is 13.7 Å². The van der Waals surface area contributed by atoms with Gasteiger partial charge in [0.2, 0.25) is 0 Å². The number of hydrogen-bond donors (Lipinski definition) is 1. The van der Waals surface area contributed by atoms with E-state index in [4.69, 9.17) is 9.84 Å². The zero-order valence-corrected chi connectivity index (χ0v) is 10.8. The number of aliphatic hydroxyl groups excluding tert-OH is 1. The molecule has 0 aromatic heterocycles. The molecule has 88 valence electrons. The van der Waals surface area contributed by atoms with Gasteiger partial charge in [-0.15, -0.1) is 0 Å². The third-order valence-electron chi connectivity index (χ3n) is 2.24. The van der Waals surface area contributed by atoms with Gasteiger partial charge in [-0.05, 0) is 24.6 Å². The van der Waals surface area contributed by atoms with E-state index in [0.717, 1.165) is 15.8 Å². The number of Topliss-reactive ketones (excluding diaryl/α,β-unsaturated/α-hetero) is 1. The van der Waals surface area contributed by atoms with Gasteiger partial charge < -0.3 is 9.84 Å². The van der Waals surface area contributed by atoms with E-state index < -0.39 is 0 Å². The van der Waals surface area contributed by atoms with Crippen LogP contribution in [0.4, 0.5) is 0 Å². The summed E-state index contributed by atoms with van der Waals surface area (Å²) in [6.45, 7) is 0.0569. The van der Waals surface area contributed by atoms with Gasteiger partial charge in [-0.25, -0.2) is 0 Å². The van der Waals surface area contributed by atoms with Crippen molar-refractivity contribution in [3.8, 4) is 5.75 Å². The Labute approximate surface area is 104 Å². The Morgan fingerprint density at radius 1 is 1.50 bits per heavy atom. The van der Waals surface area contributed by atoms with Crippen LogP contribution in [-0.4, -0.2) is 24.6 Å². The van der Waals surface area contributed by atoms with Gasteiger partial charge in [0.1, 0.15) is 11.5 Å². The standard InChI is InChI=1S/C12H15BrO3/c1-16-12-5-4-10(13)7-9(12)8-11(15)3-2-6-14/h4-5,7,14H,2-3,6,8H2,1H3. The zero-order valence-electron chi connectivity index (χ0n) is 9.20. The summed E-state index contributed by atoms with van der Waals surface area (Å²) in [4.78, 5) is 11.6. The lowest BCUT2D eigenvalue weighted by Crippen LogP contribution is -2.05. The molecule has 0 unspecified atom stereocenters. The highest BCUT2D eigenvalue weighted by Crippen LogP contribution is 2.23. The largest absolute Gasteiger partial charge is 0.496 e. The first-order valence-corrected chi connectivity index (χ1v) is 5.91. The molecule has 16 heavy (non-hydrogen) atoms. The zero-order chi connectivity index (χ0) is 12.0. The average Bonchev–Trinajstić information content (AvgIpc) is 2.27. The van der Waals surface area contributed by atoms with Crippen molar-refractivity contribution in [1.82, 2.24) is 0 Å². The van der Waals surface area contributed by atoms with Crippen molar-refractivity contribution in [3.63, 3.8) is 0 Å². The van der Waals surface area contributed by atoms with Gasteiger partial charge in [0.15, 0.2) is 0 Å². The van der Waals surface area contributed by atoms with Crippen LogP contribution >= 0.6 is 15.9 Å². The van der Waals surface area contributed by atoms with Gasteiger partial charge in [-0.3, -0.25) is 4.79 Å². The van der Waals surface area contributed by atoms with E-state index in [9.17, 15) is 4.79 Å². The number of rotatable bonds is 6. The third kappa shape index (κ3) is 3.94. The van der Waals surface area contributed by atoms with Gasteiger partial charge in [0, 0.05) is 29.5 Å². The Morgan fingerprint density at radius 3 is 2.88 bits per heavy atom. The molecular weight excluding hydrogens is 272 g/mol. The molecule has 1 N–H and O–H groups in total. The summed E-state index contributed by atoms with van der Waals surface area (Å²) in [5.74, 6) is 0.839. The third-order valence-corrected chi connectivity index (χ3v) is 2.74. The summed E-state index contributed by atoms with van der Waals surface area (Å²) < 4.78 is 6.11. The number of ketones is 1. The van der Waals surface area contributed by atoms with Crippen LogP contribution in [0.15, 0.2) is 22.7 Å². The molecule has 0 spiro atoms. The maximum atomic E-state index is 11.6. The molecule has 0 aliphatic heterocycles. The molecule has 0 aliphatic carbocycles. The number of carbonyl (C=O) groups excluding carboxylic acids is 1. The average molecular weight is 287 g/mol. The fourth-order valence-corrected chi connectivity index (χ4v) is 1.87. The maximum Gasteiger partial charge on any atom is 0.137 e. The number of hydrogen-bond acceptors (Lipinski definition) is 3. The van der Waals surface area contributed by atoms with Gasteiger partial charge in [0.25, 0.3) is 0 Å². The molecule has 0 atom stereocenters. The Balaban J connectivity index is 2.71. The van der Waals surface area contributed by atoms with Gasteiger partial charge in [-0.1, -0.05) is 15.9 Å². The topological polar surface area (TPSA) is 46.5 Å². The van der Waals surface area contributed by atoms with Crippen LogP contribution in [0.3, 0.4) is 0 Å². The number of methoxy groups -OCH3 is 1. The fourth-order valence-electron chi connectivity index (χ4n) is 1.46. The first-order chi connectivity index (χ1) is 7.67. The predicted octanol–water partition coefficient (Wildman–Crippen LogP) is 2.34. The molecule has 0 amide bonds. The van der Waals surface area contributed by atoms with E-state index in [-0.39, 0.29) is 12.4 Å². The minimum absolute atomic E-state index is 0.0569. The molecule has 3 nitrogen and oxygen atoms in total. The van der Waals surface area contributed by atoms with Crippen LogP contribution < -0.4 is 4.74 Å². The number of ether oxygens (including phenoxy) is 1. The van der Waals surface area contributed by atoms with Crippen LogP contribution in [0.2, 0.25) is 0 Å². The van der Waals surface area contributed by atoms with Crippen molar-refractivity contribution in [1.29, 1.82) is 0 Å². The van der Waals surface area contributed by atoms with Crippen LogP contribution in [-0.2, 0) is 11.2 Å². The fraction of sp³-hybridized carbons (Fsp3) is 0.417. The highest BCUT2D eigenvalue weighted by molar-refractivity contribution is 9.10. The number of aliphatic hydroxyl groups is 1. The monoisotopic (exact) mass is 286 g/mol. The lowest BCUT2D eigenvalue weighted by atomic mass is 10.1. The quantitative estimate of drug-likeness (QED) is 0.873. The lowest BCUT2D eigenvalue weighted by molar-refractivity contribution is -0.118. The molecule has 0 fully saturated rings. The first kappa shape index (κ1) is 13.2. The molecule has 1 rings (SSSR count). The molecule has 0 aliphatic rings.